The van der Waals surface area contributed by atoms with Gasteiger partial charge in [0.2, 0.25) is 0 Å². The molecule has 0 aliphatic heterocycles. The quantitative estimate of drug-likeness (QED) is 0.490. The van der Waals surface area contributed by atoms with Crippen molar-refractivity contribution in [3.63, 3.8) is 0 Å². The van der Waals surface area contributed by atoms with Gasteiger partial charge in [-0.25, -0.2) is 0 Å². The molecule has 0 amide bonds. The van der Waals surface area contributed by atoms with Gasteiger partial charge in [-0.3, -0.25) is 4.79 Å². The summed E-state index contributed by atoms with van der Waals surface area (Å²) in [4.78, 5) is 10.9. The summed E-state index contributed by atoms with van der Waals surface area (Å²) in [6, 6.07) is 0. The zero-order chi connectivity index (χ0) is 8.69. The Bertz CT molecular complexity index is 148. The van der Waals surface area contributed by atoms with Crippen LogP contribution in [0.2, 0.25) is 0 Å². The Hall–Kier alpha value is -0.790. The number of carbonyl (C=O) groups is 1. The fourth-order valence-electron chi connectivity index (χ4n) is 0.833. The van der Waals surface area contributed by atoms with E-state index < -0.39 is 0 Å². The molecule has 0 rings (SSSR count). The molecule has 2 heteroatoms. The minimum atomic E-state index is 0.0263. The van der Waals surface area contributed by atoms with Gasteiger partial charge in [-0.2, -0.15) is 0 Å². The van der Waals surface area contributed by atoms with Crippen molar-refractivity contribution in [3.8, 4) is 0 Å². The van der Waals surface area contributed by atoms with E-state index >= 15 is 0 Å². The molecular weight excluding hydrogens is 140 g/mol. The maximum Gasteiger partial charge on any atom is 0.159 e. The molecule has 0 aromatic rings. The molecule has 0 spiro atoms. The van der Waals surface area contributed by atoms with Crippen LogP contribution in [0.3, 0.4) is 0 Å². The van der Waals surface area contributed by atoms with Crippen molar-refractivity contribution in [1.29, 1.82) is 0 Å². The number of hydrogen-bond acceptors (Lipinski definition) is 2. The molecule has 0 saturated heterocycles. The van der Waals surface area contributed by atoms with Gasteiger partial charge in [0.1, 0.15) is 0 Å². The Balaban J connectivity index is 3.76. The van der Waals surface area contributed by atoms with Crippen LogP contribution in [0.15, 0.2) is 11.8 Å². The fourth-order valence-corrected chi connectivity index (χ4v) is 0.833. The number of allylic oxidation sites excluding steroid dienone is 2. The average molecular weight is 156 g/mol. The molecule has 0 aromatic heterocycles. The first kappa shape index (κ1) is 10.2. The fraction of sp³-hybridized carbons (Fsp3) is 0.667. The van der Waals surface area contributed by atoms with E-state index in [9.17, 15) is 4.79 Å². The molecule has 0 unspecified atom stereocenters. The van der Waals surface area contributed by atoms with Gasteiger partial charge in [-0.15, -0.1) is 0 Å². The third-order valence-corrected chi connectivity index (χ3v) is 1.33. The highest BCUT2D eigenvalue weighted by Crippen LogP contribution is 2.01. The smallest absolute Gasteiger partial charge is 0.159 e. The Kier molecular flexibility index (Phi) is 5.53. The van der Waals surface area contributed by atoms with E-state index in [1.165, 1.54) is 6.08 Å². The highest BCUT2D eigenvalue weighted by atomic mass is 16.3. The number of hydrogen-bond donors (Lipinski definition) is 1. The molecule has 0 bridgehead atoms. The monoisotopic (exact) mass is 156 g/mol. The van der Waals surface area contributed by atoms with E-state index in [4.69, 9.17) is 5.11 Å². The van der Waals surface area contributed by atoms with E-state index in [2.05, 4.69) is 0 Å². The van der Waals surface area contributed by atoms with Crippen molar-refractivity contribution < 1.29 is 9.90 Å². The van der Waals surface area contributed by atoms with E-state index in [0.29, 0.717) is 12.8 Å². The summed E-state index contributed by atoms with van der Waals surface area (Å²) in [6.45, 7) is 3.91. The summed E-state index contributed by atoms with van der Waals surface area (Å²) in [5, 5.41) is 9.09. The summed E-state index contributed by atoms with van der Waals surface area (Å²) in [5.74, 6) is 0.240. The largest absolute Gasteiger partial charge is 0.512 e. The molecule has 0 heterocycles. The molecule has 0 aliphatic carbocycles. The second-order valence-electron chi connectivity index (χ2n) is 2.60. The number of carbonyl (C=O) groups excluding carboxylic acids is 1. The number of aliphatic hydroxyl groups excluding tert-OH is 1. The Morgan fingerprint density at radius 2 is 1.82 bits per heavy atom. The van der Waals surface area contributed by atoms with Crippen LogP contribution >= 0.6 is 0 Å². The lowest BCUT2D eigenvalue weighted by Gasteiger charge is -1.95. The van der Waals surface area contributed by atoms with E-state index in [0.717, 1.165) is 12.8 Å². The highest BCUT2D eigenvalue weighted by molar-refractivity contribution is 5.89. The molecule has 0 atom stereocenters. The number of rotatable bonds is 5. The summed E-state index contributed by atoms with van der Waals surface area (Å²) in [5.41, 5.74) is 0. The zero-order valence-corrected chi connectivity index (χ0v) is 7.26. The normalized spacial score (nSPS) is 11.6. The first-order valence-electron chi connectivity index (χ1n) is 4.13. The van der Waals surface area contributed by atoms with Crippen LogP contribution in [0.4, 0.5) is 0 Å². The van der Waals surface area contributed by atoms with Crippen LogP contribution in [0.5, 0.6) is 0 Å². The third-order valence-electron chi connectivity index (χ3n) is 1.33. The molecule has 64 valence electrons. The van der Waals surface area contributed by atoms with Crippen LogP contribution in [0.1, 0.15) is 39.5 Å². The Morgan fingerprint density at radius 3 is 2.27 bits per heavy atom. The summed E-state index contributed by atoms with van der Waals surface area (Å²) < 4.78 is 0. The van der Waals surface area contributed by atoms with Gasteiger partial charge in [0.15, 0.2) is 5.78 Å². The maximum atomic E-state index is 10.9. The van der Waals surface area contributed by atoms with E-state index in [-0.39, 0.29) is 11.5 Å². The van der Waals surface area contributed by atoms with Crippen molar-refractivity contribution in [2.75, 3.05) is 0 Å². The van der Waals surface area contributed by atoms with Gasteiger partial charge in [0, 0.05) is 18.9 Å². The molecular formula is C9H16O2. The van der Waals surface area contributed by atoms with Crippen molar-refractivity contribution in [1.82, 2.24) is 0 Å². The number of ketones is 1. The molecule has 0 saturated carbocycles. The topological polar surface area (TPSA) is 37.3 Å². The Labute approximate surface area is 67.9 Å². The van der Waals surface area contributed by atoms with Gasteiger partial charge in [-0.05, 0) is 12.8 Å². The van der Waals surface area contributed by atoms with Gasteiger partial charge < -0.3 is 5.11 Å². The van der Waals surface area contributed by atoms with Gasteiger partial charge in [0.25, 0.3) is 0 Å². The molecule has 0 aromatic carbocycles. The second-order valence-corrected chi connectivity index (χ2v) is 2.60. The summed E-state index contributed by atoms with van der Waals surface area (Å²) in [6.07, 6.45) is 4.20. The number of aliphatic hydroxyl groups is 1. The van der Waals surface area contributed by atoms with E-state index in [1.54, 1.807) is 0 Å². The maximum absolute atomic E-state index is 10.9. The zero-order valence-electron chi connectivity index (χ0n) is 7.26. The lowest BCUT2D eigenvalue weighted by molar-refractivity contribution is -0.114. The molecule has 11 heavy (non-hydrogen) atoms. The molecule has 0 aliphatic rings. The van der Waals surface area contributed by atoms with Crippen molar-refractivity contribution in [2.45, 2.75) is 39.5 Å². The molecule has 0 radical (unpaired) electrons. The van der Waals surface area contributed by atoms with Crippen LogP contribution in [0.25, 0.3) is 0 Å². The van der Waals surface area contributed by atoms with Gasteiger partial charge in [-0.1, -0.05) is 13.8 Å². The van der Waals surface area contributed by atoms with Crippen molar-refractivity contribution in [2.24, 2.45) is 0 Å². The van der Waals surface area contributed by atoms with Crippen LogP contribution in [0, 0.1) is 0 Å². The minimum absolute atomic E-state index is 0.0263. The third kappa shape index (κ3) is 5.64. The van der Waals surface area contributed by atoms with Crippen molar-refractivity contribution in [3.05, 3.63) is 11.8 Å². The summed E-state index contributed by atoms with van der Waals surface area (Å²) in [7, 11) is 0. The SMILES string of the molecule is CCCC(=O)/C=C(\O)CCC. The minimum Gasteiger partial charge on any atom is -0.512 e. The van der Waals surface area contributed by atoms with Crippen LogP contribution in [-0.2, 0) is 4.79 Å². The van der Waals surface area contributed by atoms with Crippen LogP contribution in [-0.4, -0.2) is 10.9 Å². The first-order valence-corrected chi connectivity index (χ1v) is 4.13. The van der Waals surface area contributed by atoms with Crippen molar-refractivity contribution >= 4 is 5.78 Å². The first-order chi connectivity index (χ1) is 5.20. The highest BCUT2D eigenvalue weighted by Gasteiger charge is 1.97. The van der Waals surface area contributed by atoms with Crippen LogP contribution < -0.4 is 0 Å². The lowest BCUT2D eigenvalue weighted by atomic mass is 10.2. The standard InChI is InChI=1S/C9H16O2/c1-3-5-8(10)7-9(11)6-4-2/h7,10H,3-6H2,1-2H3/b8-7-. The van der Waals surface area contributed by atoms with Gasteiger partial charge in [0.05, 0.1) is 5.76 Å². The second kappa shape index (κ2) is 5.96. The predicted molar refractivity (Wildman–Crippen MR) is 45.5 cm³/mol. The summed E-state index contributed by atoms with van der Waals surface area (Å²) >= 11 is 0. The lowest BCUT2D eigenvalue weighted by Crippen LogP contribution is -1.93. The van der Waals surface area contributed by atoms with E-state index in [1.807, 2.05) is 13.8 Å². The van der Waals surface area contributed by atoms with Gasteiger partial charge >= 0.3 is 0 Å². The molecule has 0 fully saturated rings. The average Bonchev–Trinajstić information content (AvgIpc) is 1.87. The molecule has 1 N–H and O–H groups in total. The predicted octanol–water partition coefficient (Wildman–Crippen LogP) is 2.60. The Morgan fingerprint density at radius 1 is 1.27 bits per heavy atom. The molecule has 2 nitrogen and oxygen atoms in total.